The van der Waals surface area contributed by atoms with Crippen LogP contribution in [0.2, 0.25) is 0 Å². The van der Waals surface area contributed by atoms with Gasteiger partial charge in [-0.2, -0.15) is 0 Å². The van der Waals surface area contributed by atoms with Gasteiger partial charge in [-0.15, -0.1) is 0 Å². The van der Waals surface area contributed by atoms with Crippen LogP contribution < -0.4 is 5.73 Å². The summed E-state index contributed by atoms with van der Waals surface area (Å²) in [6, 6.07) is 12.2. The Morgan fingerprint density at radius 1 is 1.16 bits per heavy atom. The highest BCUT2D eigenvalue weighted by atomic mass is 16.7. The number of pyridine rings is 1. The molecule has 1 saturated heterocycles. The van der Waals surface area contributed by atoms with Gasteiger partial charge in [0.05, 0.1) is 18.7 Å². The largest absolute Gasteiger partial charge is 0.350 e. The molecule has 100 valence electrons. The second kappa shape index (κ2) is 5.65. The summed E-state index contributed by atoms with van der Waals surface area (Å²) in [4.78, 5) is 4.63. The molecule has 1 aromatic heterocycles. The molecule has 1 fully saturated rings. The first kappa shape index (κ1) is 12.5. The number of aromatic nitrogens is 1. The van der Waals surface area contributed by atoms with Gasteiger partial charge in [-0.3, -0.25) is 4.98 Å². The van der Waals surface area contributed by atoms with Crippen molar-refractivity contribution >= 4 is 10.9 Å². The molecule has 19 heavy (non-hydrogen) atoms. The van der Waals surface area contributed by atoms with Gasteiger partial charge in [0.25, 0.3) is 0 Å². The lowest BCUT2D eigenvalue weighted by Gasteiger charge is -2.15. The molecular weight excluding hydrogens is 240 g/mol. The zero-order valence-corrected chi connectivity index (χ0v) is 10.8. The van der Waals surface area contributed by atoms with Crippen LogP contribution in [0, 0.1) is 0 Å². The molecule has 0 radical (unpaired) electrons. The van der Waals surface area contributed by atoms with Crippen LogP contribution in [0.15, 0.2) is 36.4 Å². The monoisotopic (exact) mass is 258 g/mol. The summed E-state index contributed by atoms with van der Waals surface area (Å²) in [5.74, 6) is 0. The number of hydrogen-bond donors (Lipinski definition) is 1. The van der Waals surface area contributed by atoms with E-state index in [0.29, 0.717) is 19.6 Å². The molecule has 0 aliphatic carbocycles. The van der Waals surface area contributed by atoms with Gasteiger partial charge in [0.2, 0.25) is 0 Å². The van der Waals surface area contributed by atoms with Gasteiger partial charge in [0.1, 0.15) is 0 Å². The number of hydrogen-bond acceptors (Lipinski definition) is 4. The highest BCUT2D eigenvalue weighted by Gasteiger charge is 2.19. The number of nitrogens with zero attached hydrogens (tertiary/aromatic N) is 1. The predicted molar refractivity (Wildman–Crippen MR) is 73.7 cm³/mol. The van der Waals surface area contributed by atoms with E-state index in [1.165, 1.54) is 0 Å². The van der Waals surface area contributed by atoms with E-state index in [0.717, 1.165) is 23.0 Å². The van der Waals surface area contributed by atoms with Gasteiger partial charge in [0, 0.05) is 30.0 Å². The van der Waals surface area contributed by atoms with Crippen LogP contribution >= 0.6 is 0 Å². The SMILES string of the molecule is NC(Cc1ccc2ccccc2n1)CC1OCCO1. The van der Waals surface area contributed by atoms with Crippen LogP contribution in [0.25, 0.3) is 10.9 Å². The summed E-state index contributed by atoms with van der Waals surface area (Å²) in [6.07, 6.45) is 1.32. The zero-order valence-electron chi connectivity index (χ0n) is 10.8. The molecule has 4 nitrogen and oxygen atoms in total. The Kier molecular flexibility index (Phi) is 3.73. The lowest BCUT2D eigenvalue weighted by atomic mass is 10.1. The summed E-state index contributed by atoms with van der Waals surface area (Å²) in [5, 5.41) is 1.15. The molecule has 1 aromatic carbocycles. The minimum atomic E-state index is -0.143. The fourth-order valence-electron chi connectivity index (χ4n) is 2.36. The first-order valence-corrected chi connectivity index (χ1v) is 6.65. The van der Waals surface area contributed by atoms with Gasteiger partial charge in [-0.1, -0.05) is 24.3 Å². The van der Waals surface area contributed by atoms with Crippen LogP contribution in [0.4, 0.5) is 0 Å². The molecule has 0 amide bonds. The van der Waals surface area contributed by atoms with Gasteiger partial charge in [0.15, 0.2) is 6.29 Å². The third-order valence-electron chi connectivity index (χ3n) is 3.31. The fraction of sp³-hybridized carbons (Fsp3) is 0.400. The second-order valence-corrected chi connectivity index (χ2v) is 4.87. The molecule has 1 unspecified atom stereocenters. The summed E-state index contributed by atoms with van der Waals surface area (Å²) >= 11 is 0. The van der Waals surface area contributed by atoms with Crippen molar-refractivity contribution in [2.75, 3.05) is 13.2 Å². The molecule has 0 spiro atoms. The third-order valence-corrected chi connectivity index (χ3v) is 3.31. The number of fused-ring (bicyclic) bond motifs is 1. The number of benzene rings is 1. The quantitative estimate of drug-likeness (QED) is 0.909. The smallest absolute Gasteiger partial charge is 0.159 e. The van der Waals surface area contributed by atoms with Gasteiger partial charge < -0.3 is 15.2 Å². The maximum absolute atomic E-state index is 6.13. The topological polar surface area (TPSA) is 57.4 Å². The summed E-state index contributed by atoms with van der Waals surface area (Å²) in [5.41, 5.74) is 8.16. The van der Waals surface area contributed by atoms with Gasteiger partial charge in [-0.05, 0) is 12.1 Å². The van der Waals surface area contributed by atoms with Crippen molar-refractivity contribution in [3.05, 3.63) is 42.1 Å². The van der Waals surface area contributed by atoms with E-state index >= 15 is 0 Å². The van der Waals surface area contributed by atoms with Crippen LogP contribution in [0.5, 0.6) is 0 Å². The molecule has 0 saturated carbocycles. The Bertz CT molecular complexity index is 553. The predicted octanol–water partition coefficient (Wildman–Crippen LogP) is 1.87. The fourth-order valence-corrected chi connectivity index (χ4v) is 2.36. The Labute approximate surface area is 112 Å². The van der Waals surface area contributed by atoms with Crippen molar-refractivity contribution in [3.8, 4) is 0 Å². The minimum absolute atomic E-state index is 0.0109. The van der Waals surface area contributed by atoms with E-state index in [9.17, 15) is 0 Å². The first-order chi connectivity index (χ1) is 9.31. The third kappa shape index (κ3) is 3.10. The van der Waals surface area contributed by atoms with Crippen LogP contribution in [-0.2, 0) is 15.9 Å². The molecule has 1 atom stereocenters. The van der Waals surface area contributed by atoms with Crippen molar-refractivity contribution in [2.24, 2.45) is 5.73 Å². The molecule has 1 aliphatic heterocycles. The standard InChI is InChI=1S/C15H18N2O2/c16-12(10-15-18-7-8-19-15)9-13-6-5-11-3-1-2-4-14(11)17-13/h1-6,12,15H,7-10,16H2. The normalized spacial score (nSPS) is 17.9. The van der Waals surface area contributed by atoms with E-state index in [-0.39, 0.29) is 12.3 Å². The highest BCUT2D eigenvalue weighted by molar-refractivity contribution is 5.78. The molecule has 4 heteroatoms. The van der Waals surface area contributed by atoms with Crippen molar-refractivity contribution in [2.45, 2.75) is 25.2 Å². The van der Waals surface area contributed by atoms with E-state index in [4.69, 9.17) is 15.2 Å². The lowest BCUT2D eigenvalue weighted by molar-refractivity contribution is -0.0505. The van der Waals surface area contributed by atoms with Crippen LogP contribution in [0.1, 0.15) is 12.1 Å². The van der Waals surface area contributed by atoms with Crippen molar-refractivity contribution in [1.29, 1.82) is 0 Å². The minimum Gasteiger partial charge on any atom is -0.350 e. The summed E-state index contributed by atoms with van der Waals surface area (Å²) < 4.78 is 10.8. The Hall–Kier alpha value is -1.49. The van der Waals surface area contributed by atoms with Crippen LogP contribution in [-0.4, -0.2) is 30.5 Å². The van der Waals surface area contributed by atoms with E-state index in [1.54, 1.807) is 0 Å². The van der Waals surface area contributed by atoms with E-state index < -0.39 is 0 Å². The molecule has 1 aliphatic rings. The Morgan fingerprint density at radius 3 is 2.79 bits per heavy atom. The van der Waals surface area contributed by atoms with Crippen molar-refractivity contribution in [3.63, 3.8) is 0 Å². The second-order valence-electron chi connectivity index (χ2n) is 4.87. The van der Waals surface area contributed by atoms with E-state index in [1.807, 2.05) is 24.3 Å². The average molecular weight is 258 g/mol. The highest BCUT2D eigenvalue weighted by Crippen LogP contribution is 2.15. The molecular formula is C15H18N2O2. The van der Waals surface area contributed by atoms with Crippen molar-refractivity contribution in [1.82, 2.24) is 4.98 Å². The number of rotatable bonds is 4. The van der Waals surface area contributed by atoms with Crippen molar-refractivity contribution < 1.29 is 9.47 Å². The number of nitrogens with two attached hydrogens (primary N) is 1. The summed E-state index contributed by atoms with van der Waals surface area (Å²) in [7, 11) is 0. The molecule has 2 N–H and O–H groups in total. The number of ether oxygens (including phenoxy) is 2. The zero-order chi connectivity index (χ0) is 13.1. The van der Waals surface area contributed by atoms with Gasteiger partial charge >= 0.3 is 0 Å². The van der Waals surface area contributed by atoms with Crippen LogP contribution in [0.3, 0.4) is 0 Å². The number of para-hydroxylation sites is 1. The van der Waals surface area contributed by atoms with Gasteiger partial charge in [-0.25, -0.2) is 0 Å². The molecule has 3 rings (SSSR count). The lowest BCUT2D eigenvalue weighted by Crippen LogP contribution is -2.29. The Balaban J connectivity index is 1.66. The maximum atomic E-state index is 6.13. The first-order valence-electron chi connectivity index (χ1n) is 6.65. The Morgan fingerprint density at radius 2 is 1.95 bits per heavy atom. The molecule has 2 heterocycles. The molecule has 2 aromatic rings. The average Bonchev–Trinajstić information content (AvgIpc) is 2.91. The molecule has 0 bridgehead atoms. The van der Waals surface area contributed by atoms with E-state index in [2.05, 4.69) is 17.1 Å². The maximum Gasteiger partial charge on any atom is 0.159 e. The summed E-state index contributed by atoms with van der Waals surface area (Å²) in [6.45, 7) is 1.34.